The summed E-state index contributed by atoms with van der Waals surface area (Å²) in [5.74, 6) is 0. The molecule has 3 heteroatoms. The molecule has 2 N–H and O–H groups in total. The maximum Gasteiger partial charge on any atom is 0.0307 e. The zero-order valence-corrected chi connectivity index (χ0v) is 12.5. The third kappa shape index (κ3) is 3.05. The number of benzene rings is 1. The van der Waals surface area contributed by atoms with Crippen LogP contribution in [0.15, 0.2) is 30.3 Å². The van der Waals surface area contributed by atoms with Gasteiger partial charge >= 0.3 is 0 Å². The molecule has 0 amide bonds. The van der Waals surface area contributed by atoms with E-state index in [4.69, 9.17) is 5.73 Å². The number of hydrogen-bond acceptors (Lipinski definition) is 3. The second-order valence-corrected chi connectivity index (χ2v) is 6.44. The number of fused-ring (bicyclic) bond motifs is 1. The molecule has 2 saturated heterocycles. The Balaban J connectivity index is 1.53. The molecule has 3 nitrogen and oxygen atoms in total. The van der Waals surface area contributed by atoms with Gasteiger partial charge in [0.05, 0.1) is 0 Å². The summed E-state index contributed by atoms with van der Waals surface area (Å²) < 4.78 is 0. The largest absolute Gasteiger partial charge is 0.324 e. The molecule has 0 saturated carbocycles. The Morgan fingerprint density at radius 1 is 1.25 bits per heavy atom. The second kappa shape index (κ2) is 6.25. The third-order valence-electron chi connectivity index (χ3n) is 5.02. The average Bonchev–Trinajstić information content (AvgIpc) is 2.92. The van der Waals surface area contributed by atoms with Crippen LogP contribution in [0.5, 0.6) is 0 Å². The Morgan fingerprint density at radius 2 is 2.05 bits per heavy atom. The highest BCUT2D eigenvalue weighted by Crippen LogP contribution is 2.25. The van der Waals surface area contributed by atoms with Gasteiger partial charge in [0.15, 0.2) is 0 Å². The van der Waals surface area contributed by atoms with E-state index in [0.717, 1.165) is 19.0 Å². The Morgan fingerprint density at radius 3 is 2.85 bits per heavy atom. The molecule has 110 valence electrons. The second-order valence-electron chi connectivity index (χ2n) is 6.44. The number of hydrogen-bond donors (Lipinski definition) is 1. The van der Waals surface area contributed by atoms with Crippen molar-refractivity contribution < 1.29 is 0 Å². The van der Waals surface area contributed by atoms with Gasteiger partial charge in [-0.15, -0.1) is 0 Å². The summed E-state index contributed by atoms with van der Waals surface area (Å²) >= 11 is 0. The number of nitrogens with two attached hydrogens (primary N) is 1. The lowest BCUT2D eigenvalue weighted by atomic mass is 10.0. The van der Waals surface area contributed by atoms with Crippen molar-refractivity contribution in [2.75, 3.05) is 26.2 Å². The average molecular weight is 273 g/mol. The van der Waals surface area contributed by atoms with Crippen molar-refractivity contribution in [3.63, 3.8) is 0 Å². The predicted octanol–water partition coefficient (Wildman–Crippen LogP) is 2.25. The van der Waals surface area contributed by atoms with Gasteiger partial charge in [-0.25, -0.2) is 0 Å². The maximum atomic E-state index is 6.33. The maximum absolute atomic E-state index is 6.33. The summed E-state index contributed by atoms with van der Waals surface area (Å²) in [5, 5.41) is 0. The van der Waals surface area contributed by atoms with E-state index in [2.05, 4.69) is 47.1 Å². The van der Waals surface area contributed by atoms with Crippen LogP contribution >= 0.6 is 0 Å². The summed E-state index contributed by atoms with van der Waals surface area (Å²) in [6, 6.07) is 12.1. The van der Waals surface area contributed by atoms with Crippen molar-refractivity contribution in [1.82, 2.24) is 9.80 Å². The van der Waals surface area contributed by atoms with Gasteiger partial charge in [0.25, 0.3) is 0 Å². The smallest absolute Gasteiger partial charge is 0.0307 e. The topological polar surface area (TPSA) is 32.5 Å². The SMILES string of the molecule is CC1CN2CCCC2CN1CCC(N)c1ccccc1. The molecule has 0 aliphatic carbocycles. The Bertz CT molecular complexity index is 420. The van der Waals surface area contributed by atoms with Crippen LogP contribution in [0.4, 0.5) is 0 Å². The van der Waals surface area contributed by atoms with E-state index in [-0.39, 0.29) is 6.04 Å². The fourth-order valence-electron chi connectivity index (χ4n) is 3.73. The lowest BCUT2D eigenvalue weighted by molar-refractivity contribution is 0.0575. The van der Waals surface area contributed by atoms with E-state index < -0.39 is 0 Å². The molecule has 1 aromatic rings. The molecule has 0 aromatic heterocycles. The molecule has 3 unspecified atom stereocenters. The molecular weight excluding hydrogens is 246 g/mol. The molecule has 2 heterocycles. The van der Waals surface area contributed by atoms with Crippen LogP contribution in [-0.2, 0) is 0 Å². The summed E-state index contributed by atoms with van der Waals surface area (Å²) in [7, 11) is 0. The molecule has 2 aliphatic rings. The van der Waals surface area contributed by atoms with Crippen molar-refractivity contribution in [3.05, 3.63) is 35.9 Å². The minimum atomic E-state index is 0.171. The van der Waals surface area contributed by atoms with Crippen molar-refractivity contribution in [1.29, 1.82) is 0 Å². The zero-order valence-electron chi connectivity index (χ0n) is 12.5. The predicted molar refractivity (Wildman–Crippen MR) is 83.6 cm³/mol. The first-order valence-corrected chi connectivity index (χ1v) is 8.02. The molecule has 0 spiro atoms. The highest BCUT2D eigenvalue weighted by molar-refractivity contribution is 5.18. The van der Waals surface area contributed by atoms with Crippen LogP contribution in [0, 0.1) is 0 Å². The summed E-state index contributed by atoms with van der Waals surface area (Å²) in [5.41, 5.74) is 7.59. The minimum absolute atomic E-state index is 0.171. The van der Waals surface area contributed by atoms with Gasteiger partial charge in [-0.1, -0.05) is 30.3 Å². The Kier molecular flexibility index (Phi) is 4.39. The van der Waals surface area contributed by atoms with Crippen molar-refractivity contribution in [3.8, 4) is 0 Å². The van der Waals surface area contributed by atoms with E-state index in [0.29, 0.717) is 6.04 Å². The number of rotatable bonds is 4. The van der Waals surface area contributed by atoms with Gasteiger partial charge in [-0.3, -0.25) is 9.80 Å². The van der Waals surface area contributed by atoms with Gasteiger partial charge in [0.2, 0.25) is 0 Å². The van der Waals surface area contributed by atoms with E-state index in [1.54, 1.807) is 0 Å². The Hall–Kier alpha value is -0.900. The molecule has 20 heavy (non-hydrogen) atoms. The molecular formula is C17H27N3. The number of nitrogens with zero attached hydrogens (tertiary/aromatic N) is 2. The summed E-state index contributed by atoms with van der Waals surface area (Å²) in [4.78, 5) is 5.33. The van der Waals surface area contributed by atoms with Gasteiger partial charge in [-0.2, -0.15) is 0 Å². The standard InChI is InChI=1S/C17H27N3/c1-14-12-20-10-5-8-16(20)13-19(14)11-9-17(18)15-6-3-2-4-7-15/h2-4,6-7,14,16-17H,5,8-13,18H2,1H3. The van der Waals surface area contributed by atoms with Crippen LogP contribution in [0.2, 0.25) is 0 Å². The van der Waals surface area contributed by atoms with Gasteiger partial charge in [0, 0.05) is 37.8 Å². The summed E-state index contributed by atoms with van der Waals surface area (Å²) in [6.07, 6.45) is 3.82. The fraction of sp³-hybridized carbons (Fsp3) is 0.647. The molecule has 0 bridgehead atoms. The lowest BCUT2D eigenvalue weighted by Crippen LogP contribution is -2.55. The van der Waals surface area contributed by atoms with Gasteiger partial charge in [0.1, 0.15) is 0 Å². The minimum Gasteiger partial charge on any atom is -0.324 e. The van der Waals surface area contributed by atoms with E-state index >= 15 is 0 Å². The van der Waals surface area contributed by atoms with Crippen molar-refractivity contribution >= 4 is 0 Å². The van der Waals surface area contributed by atoms with Crippen LogP contribution in [0.3, 0.4) is 0 Å². The van der Waals surface area contributed by atoms with E-state index in [1.165, 1.54) is 38.0 Å². The first kappa shape index (κ1) is 14.1. The summed E-state index contributed by atoms with van der Waals surface area (Å²) in [6.45, 7) is 7.28. The molecule has 2 aliphatic heterocycles. The fourth-order valence-corrected chi connectivity index (χ4v) is 3.73. The molecule has 3 atom stereocenters. The molecule has 2 fully saturated rings. The normalized spacial score (nSPS) is 29.3. The monoisotopic (exact) mass is 273 g/mol. The van der Waals surface area contributed by atoms with Crippen LogP contribution in [0.25, 0.3) is 0 Å². The lowest BCUT2D eigenvalue weighted by Gasteiger charge is -2.42. The highest BCUT2D eigenvalue weighted by atomic mass is 15.3. The number of piperazine rings is 1. The van der Waals surface area contributed by atoms with E-state index in [1.807, 2.05) is 0 Å². The van der Waals surface area contributed by atoms with Gasteiger partial charge in [-0.05, 0) is 38.3 Å². The molecule has 0 radical (unpaired) electrons. The van der Waals surface area contributed by atoms with Crippen LogP contribution < -0.4 is 5.73 Å². The molecule has 1 aromatic carbocycles. The van der Waals surface area contributed by atoms with Crippen molar-refractivity contribution in [2.24, 2.45) is 5.73 Å². The van der Waals surface area contributed by atoms with Crippen LogP contribution in [0.1, 0.15) is 37.8 Å². The highest BCUT2D eigenvalue weighted by Gasteiger charge is 2.34. The van der Waals surface area contributed by atoms with Gasteiger partial charge < -0.3 is 5.73 Å². The first-order chi connectivity index (χ1) is 9.74. The molecule has 3 rings (SSSR count). The van der Waals surface area contributed by atoms with Crippen molar-refractivity contribution in [2.45, 2.75) is 44.3 Å². The quantitative estimate of drug-likeness (QED) is 0.913. The first-order valence-electron chi connectivity index (χ1n) is 8.02. The van der Waals surface area contributed by atoms with Crippen LogP contribution in [-0.4, -0.2) is 48.1 Å². The van der Waals surface area contributed by atoms with E-state index in [9.17, 15) is 0 Å². The zero-order chi connectivity index (χ0) is 13.9. The third-order valence-corrected chi connectivity index (χ3v) is 5.02. The Labute approximate surface area is 122 Å².